The van der Waals surface area contributed by atoms with Crippen LogP contribution in [-0.4, -0.2) is 20.0 Å². The lowest BCUT2D eigenvalue weighted by Crippen LogP contribution is -2.14. The molecule has 0 saturated heterocycles. The fourth-order valence-corrected chi connectivity index (χ4v) is 2.33. The highest BCUT2D eigenvalue weighted by molar-refractivity contribution is 14.1. The number of amides is 1. The van der Waals surface area contributed by atoms with E-state index in [1.54, 1.807) is 0 Å². The highest BCUT2D eigenvalue weighted by Gasteiger charge is 2.08. The third-order valence-electron chi connectivity index (χ3n) is 3.06. The zero-order valence-electron chi connectivity index (χ0n) is 11.8. The Hall–Kier alpha value is -1.56. The van der Waals surface area contributed by atoms with Crippen LogP contribution in [0.1, 0.15) is 15.9 Å². The van der Waals surface area contributed by atoms with Crippen LogP contribution < -0.4 is 10.2 Å². The van der Waals surface area contributed by atoms with Crippen molar-refractivity contribution in [2.75, 3.05) is 24.3 Å². The van der Waals surface area contributed by atoms with E-state index in [-0.39, 0.29) is 5.91 Å². The van der Waals surface area contributed by atoms with Crippen LogP contribution in [0.25, 0.3) is 0 Å². The van der Waals surface area contributed by atoms with Crippen molar-refractivity contribution in [2.24, 2.45) is 0 Å². The molecule has 3 nitrogen and oxygen atoms in total. The second-order valence-corrected chi connectivity index (χ2v) is 6.10. The number of carbonyl (C=O) groups excluding carboxylic acids is 1. The monoisotopic (exact) mass is 380 g/mol. The first kappa shape index (κ1) is 14.8. The first-order chi connectivity index (χ1) is 9.47. The Balaban J connectivity index is 2.19. The molecule has 4 heteroatoms. The van der Waals surface area contributed by atoms with E-state index in [4.69, 9.17) is 0 Å². The Morgan fingerprint density at radius 2 is 1.75 bits per heavy atom. The molecule has 0 heterocycles. The molecule has 1 amide bonds. The number of aryl methyl sites for hydroxylation is 1. The van der Waals surface area contributed by atoms with E-state index in [1.807, 2.05) is 61.5 Å². The molecule has 0 radical (unpaired) electrons. The topological polar surface area (TPSA) is 32.3 Å². The highest BCUT2D eigenvalue weighted by atomic mass is 127. The second kappa shape index (κ2) is 6.26. The molecule has 2 aromatic rings. The zero-order chi connectivity index (χ0) is 14.7. The maximum absolute atomic E-state index is 12.2. The lowest BCUT2D eigenvalue weighted by Gasteiger charge is -2.17. The van der Waals surface area contributed by atoms with Crippen LogP contribution in [0.5, 0.6) is 0 Å². The van der Waals surface area contributed by atoms with Gasteiger partial charge in [0, 0.05) is 34.6 Å². The summed E-state index contributed by atoms with van der Waals surface area (Å²) in [6.07, 6.45) is 0. The highest BCUT2D eigenvalue weighted by Crippen LogP contribution is 2.23. The molecule has 0 aliphatic carbocycles. The number of anilines is 2. The molecule has 0 saturated carbocycles. The van der Waals surface area contributed by atoms with Gasteiger partial charge in [-0.3, -0.25) is 4.79 Å². The lowest BCUT2D eigenvalue weighted by atomic mass is 10.1. The van der Waals surface area contributed by atoms with Gasteiger partial charge in [0.1, 0.15) is 0 Å². The molecule has 0 aliphatic heterocycles. The number of carbonyl (C=O) groups is 1. The van der Waals surface area contributed by atoms with Crippen LogP contribution in [0.3, 0.4) is 0 Å². The SMILES string of the molecule is Cc1ccc(NC(=O)c2ccc(I)cc2)cc1N(C)C. The van der Waals surface area contributed by atoms with E-state index < -0.39 is 0 Å². The third kappa shape index (κ3) is 3.50. The van der Waals surface area contributed by atoms with Crippen LogP contribution in [0.2, 0.25) is 0 Å². The van der Waals surface area contributed by atoms with Gasteiger partial charge in [0.2, 0.25) is 0 Å². The van der Waals surface area contributed by atoms with E-state index in [0.29, 0.717) is 5.56 Å². The summed E-state index contributed by atoms with van der Waals surface area (Å²) in [4.78, 5) is 14.2. The van der Waals surface area contributed by atoms with Gasteiger partial charge in [-0.2, -0.15) is 0 Å². The van der Waals surface area contributed by atoms with Gasteiger partial charge in [-0.1, -0.05) is 6.07 Å². The normalized spacial score (nSPS) is 10.2. The molecule has 0 unspecified atom stereocenters. The Morgan fingerprint density at radius 3 is 2.35 bits per heavy atom. The lowest BCUT2D eigenvalue weighted by molar-refractivity contribution is 0.102. The molecule has 1 N–H and O–H groups in total. The largest absolute Gasteiger partial charge is 0.377 e. The fraction of sp³-hybridized carbons (Fsp3) is 0.188. The van der Waals surface area contributed by atoms with Crippen molar-refractivity contribution >= 4 is 39.9 Å². The van der Waals surface area contributed by atoms with Gasteiger partial charge in [0.25, 0.3) is 5.91 Å². The molecular formula is C16H17IN2O. The number of halogens is 1. The summed E-state index contributed by atoms with van der Waals surface area (Å²) < 4.78 is 1.12. The summed E-state index contributed by atoms with van der Waals surface area (Å²) in [7, 11) is 3.99. The summed E-state index contributed by atoms with van der Waals surface area (Å²) >= 11 is 2.22. The van der Waals surface area contributed by atoms with Crippen molar-refractivity contribution < 1.29 is 4.79 Å². The number of nitrogens with one attached hydrogen (secondary N) is 1. The molecular weight excluding hydrogens is 363 g/mol. The minimum absolute atomic E-state index is 0.0880. The Morgan fingerprint density at radius 1 is 1.10 bits per heavy atom. The molecule has 0 spiro atoms. The maximum atomic E-state index is 12.2. The summed E-state index contributed by atoms with van der Waals surface area (Å²) in [6.45, 7) is 2.06. The second-order valence-electron chi connectivity index (χ2n) is 4.86. The standard InChI is InChI=1S/C16H17IN2O/c1-11-4-9-14(10-15(11)19(2)3)18-16(20)12-5-7-13(17)8-6-12/h4-10H,1-3H3,(H,18,20). The van der Waals surface area contributed by atoms with Crippen molar-refractivity contribution in [1.82, 2.24) is 0 Å². The van der Waals surface area contributed by atoms with Gasteiger partial charge in [-0.05, 0) is 71.5 Å². The van der Waals surface area contributed by atoms with Crippen LogP contribution >= 0.6 is 22.6 Å². The van der Waals surface area contributed by atoms with Gasteiger partial charge >= 0.3 is 0 Å². The van der Waals surface area contributed by atoms with Gasteiger partial charge in [0.15, 0.2) is 0 Å². The number of nitrogens with zero attached hydrogens (tertiary/aromatic N) is 1. The molecule has 0 fully saturated rings. The van der Waals surface area contributed by atoms with E-state index in [0.717, 1.165) is 14.9 Å². The van der Waals surface area contributed by atoms with E-state index in [1.165, 1.54) is 5.56 Å². The number of rotatable bonds is 3. The quantitative estimate of drug-likeness (QED) is 0.819. The van der Waals surface area contributed by atoms with Gasteiger partial charge in [-0.15, -0.1) is 0 Å². The Bertz CT molecular complexity index is 621. The molecule has 0 aromatic heterocycles. The van der Waals surface area contributed by atoms with Crippen LogP contribution in [0.4, 0.5) is 11.4 Å². The van der Waals surface area contributed by atoms with Crippen molar-refractivity contribution in [3.63, 3.8) is 0 Å². The smallest absolute Gasteiger partial charge is 0.255 e. The number of hydrogen-bond acceptors (Lipinski definition) is 2. The van der Waals surface area contributed by atoms with E-state index in [2.05, 4.69) is 34.8 Å². The first-order valence-corrected chi connectivity index (χ1v) is 7.40. The third-order valence-corrected chi connectivity index (χ3v) is 3.77. The summed E-state index contributed by atoms with van der Waals surface area (Å²) in [6, 6.07) is 13.4. The molecule has 20 heavy (non-hydrogen) atoms. The van der Waals surface area contributed by atoms with E-state index in [9.17, 15) is 4.79 Å². The molecule has 2 rings (SSSR count). The summed E-state index contributed by atoms with van der Waals surface area (Å²) in [5.74, 6) is -0.0880. The zero-order valence-corrected chi connectivity index (χ0v) is 13.9. The van der Waals surface area contributed by atoms with Gasteiger partial charge < -0.3 is 10.2 Å². The fourth-order valence-electron chi connectivity index (χ4n) is 1.97. The van der Waals surface area contributed by atoms with Crippen molar-refractivity contribution in [3.8, 4) is 0 Å². The summed E-state index contributed by atoms with van der Waals surface area (Å²) in [5.41, 5.74) is 3.76. The van der Waals surface area contributed by atoms with Crippen molar-refractivity contribution in [2.45, 2.75) is 6.92 Å². The van der Waals surface area contributed by atoms with Crippen LogP contribution in [0, 0.1) is 10.5 Å². The molecule has 0 aliphatic rings. The Kier molecular flexibility index (Phi) is 4.65. The summed E-state index contributed by atoms with van der Waals surface area (Å²) in [5, 5.41) is 2.93. The molecule has 0 bridgehead atoms. The predicted molar refractivity (Wildman–Crippen MR) is 92.6 cm³/mol. The van der Waals surface area contributed by atoms with Crippen molar-refractivity contribution in [3.05, 3.63) is 57.2 Å². The average molecular weight is 380 g/mol. The maximum Gasteiger partial charge on any atom is 0.255 e. The van der Waals surface area contributed by atoms with Crippen LogP contribution in [-0.2, 0) is 0 Å². The number of hydrogen-bond donors (Lipinski definition) is 1. The predicted octanol–water partition coefficient (Wildman–Crippen LogP) is 3.92. The van der Waals surface area contributed by atoms with Gasteiger partial charge in [0.05, 0.1) is 0 Å². The Labute approximate surface area is 133 Å². The van der Waals surface area contributed by atoms with Crippen LogP contribution in [0.15, 0.2) is 42.5 Å². The first-order valence-electron chi connectivity index (χ1n) is 6.32. The number of benzene rings is 2. The van der Waals surface area contributed by atoms with Gasteiger partial charge in [-0.25, -0.2) is 0 Å². The molecule has 104 valence electrons. The average Bonchev–Trinajstić information content (AvgIpc) is 2.41. The minimum Gasteiger partial charge on any atom is -0.377 e. The molecule has 0 atom stereocenters. The van der Waals surface area contributed by atoms with Crippen molar-refractivity contribution in [1.29, 1.82) is 0 Å². The minimum atomic E-state index is -0.0880. The van der Waals surface area contributed by atoms with E-state index >= 15 is 0 Å². The molecule has 2 aromatic carbocycles.